The minimum atomic E-state index is -0.308. The molecule has 1 aliphatic carbocycles. The number of hydrogen-bond donors (Lipinski definition) is 2. The van der Waals surface area contributed by atoms with Crippen LogP contribution in [0, 0.1) is 0 Å². The molecule has 0 radical (unpaired) electrons. The molecule has 0 aliphatic heterocycles. The van der Waals surface area contributed by atoms with Crippen molar-refractivity contribution in [2.24, 2.45) is 0 Å². The Kier molecular flexibility index (Phi) is 2.67. The number of aliphatic hydroxyl groups is 1. The molecule has 0 spiro atoms. The molecule has 13 heavy (non-hydrogen) atoms. The molecule has 0 bridgehead atoms. The van der Waals surface area contributed by atoms with Gasteiger partial charge in [-0.25, -0.2) is 0 Å². The van der Waals surface area contributed by atoms with E-state index in [-0.39, 0.29) is 6.10 Å². The molecule has 0 saturated heterocycles. The van der Waals surface area contributed by atoms with E-state index in [1.54, 1.807) is 11.3 Å². The Hall–Kier alpha value is -0.380. The quantitative estimate of drug-likeness (QED) is 0.769. The summed E-state index contributed by atoms with van der Waals surface area (Å²) < 4.78 is 0. The van der Waals surface area contributed by atoms with Crippen LogP contribution in [-0.4, -0.2) is 18.7 Å². The van der Waals surface area contributed by atoms with Crippen molar-refractivity contribution in [3.63, 3.8) is 0 Å². The monoisotopic (exact) mass is 197 g/mol. The Morgan fingerprint density at radius 1 is 1.62 bits per heavy atom. The zero-order chi connectivity index (χ0) is 9.26. The van der Waals surface area contributed by atoms with Gasteiger partial charge in [0.1, 0.15) is 6.10 Å². The van der Waals surface area contributed by atoms with Gasteiger partial charge in [-0.05, 0) is 42.8 Å². The average molecular weight is 197 g/mol. The summed E-state index contributed by atoms with van der Waals surface area (Å²) in [4.78, 5) is 1.18. The first-order valence-corrected chi connectivity index (χ1v) is 5.62. The van der Waals surface area contributed by atoms with Crippen LogP contribution in [0.3, 0.4) is 0 Å². The van der Waals surface area contributed by atoms with Gasteiger partial charge in [0, 0.05) is 11.4 Å². The van der Waals surface area contributed by atoms with Gasteiger partial charge in [-0.2, -0.15) is 0 Å². The summed E-state index contributed by atoms with van der Waals surface area (Å²) in [5.41, 5.74) is 2.89. The van der Waals surface area contributed by atoms with E-state index < -0.39 is 0 Å². The zero-order valence-electron chi connectivity index (χ0n) is 7.84. The molecule has 1 aliphatic rings. The molecule has 0 fully saturated rings. The van der Waals surface area contributed by atoms with Gasteiger partial charge in [0.25, 0.3) is 0 Å². The van der Waals surface area contributed by atoms with Crippen molar-refractivity contribution in [3.8, 4) is 0 Å². The lowest BCUT2D eigenvalue weighted by Crippen LogP contribution is -2.16. The molecule has 2 N–H and O–H groups in total. The van der Waals surface area contributed by atoms with Crippen molar-refractivity contribution >= 4 is 11.3 Å². The van der Waals surface area contributed by atoms with Crippen LogP contribution in [-0.2, 0) is 12.8 Å². The number of aliphatic hydroxyl groups excluding tert-OH is 1. The summed E-state index contributed by atoms with van der Waals surface area (Å²) in [5.74, 6) is 0. The molecule has 2 nitrogen and oxygen atoms in total. The average Bonchev–Trinajstić information content (AvgIpc) is 2.62. The van der Waals surface area contributed by atoms with E-state index >= 15 is 0 Å². The maximum Gasteiger partial charge on any atom is 0.101 e. The first kappa shape index (κ1) is 9.19. The topological polar surface area (TPSA) is 32.3 Å². The highest BCUT2D eigenvalue weighted by molar-refractivity contribution is 7.10. The van der Waals surface area contributed by atoms with E-state index in [2.05, 4.69) is 10.7 Å². The third-order valence-electron chi connectivity index (χ3n) is 2.59. The molecule has 0 saturated carbocycles. The number of hydrogen-bond acceptors (Lipinski definition) is 3. The van der Waals surface area contributed by atoms with Crippen molar-refractivity contribution < 1.29 is 5.11 Å². The fourth-order valence-corrected chi connectivity index (χ4v) is 3.10. The predicted molar refractivity (Wildman–Crippen MR) is 55.2 cm³/mol. The largest absolute Gasteiger partial charge is 0.386 e. The predicted octanol–water partition coefficient (Wildman–Crippen LogP) is 1.49. The standard InChI is InChI=1S/C10H15NOS/c1-11-5-9(12)10-8-4-2-3-7(8)6-13-10/h6,9,11-12H,2-5H2,1H3. The van der Waals surface area contributed by atoms with Gasteiger partial charge < -0.3 is 10.4 Å². The molecule has 1 heterocycles. The van der Waals surface area contributed by atoms with Gasteiger partial charge in [0.15, 0.2) is 0 Å². The number of rotatable bonds is 3. The van der Waals surface area contributed by atoms with Gasteiger partial charge in [0.05, 0.1) is 0 Å². The summed E-state index contributed by atoms with van der Waals surface area (Å²) in [6.07, 6.45) is 3.32. The van der Waals surface area contributed by atoms with Gasteiger partial charge in [-0.15, -0.1) is 11.3 Å². The van der Waals surface area contributed by atoms with Gasteiger partial charge in [-0.3, -0.25) is 0 Å². The highest BCUT2D eigenvalue weighted by Crippen LogP contribution is 2.34. The van der Waals surface area contributed by atoms with Crippen LogP contribution in [0.2, 0.25) is 0 Å². The lowest BCUT2D eigenvalue weighted by atomic mass is 10.1. The number of thiophene rings is 1. The number of aryl methyl sites for hydroxylation is 1. The fraction of sp³-hybridized carbons (Fsp3) is 0.600. The molecule has 72 valence electrons. The van der Waals surface area contributed by atoms with Crippen molar-refractivity contribution in [2.75, 3.05) is 13.6 Å². The zero-order valence-corrected chi connectivity index (χ0v) is 8.66. The third kappa shape index (κ3) is 1.64. The van der Waals surface area contributed by atoms with E-state index in [0.717, 1.165) is 6.42 Å². The van der Waals surface area contributed by atoms with Crippen LogP contribution in [0.25, 0.3) is 0 Å². The summed E-state index contributed by atoms with van der Waals surface area (Å²) in [5, 5.41) is 15.0. The fourth-order valence-electron chi connectivity index (χ4n) is 1.95. The molecule has 1 aromatic rings. The van der Waals surface area contributed by atoms with Crippen molar-refractivity contribution in [2.45, 2.75) is 25.4 Å². The molecule has 3 heteroatoms. The smallest absolute Gasteiger partial charge is 0.101 e. The van der Waals surface area contributed by atoms with E-state index in [1.165, 1.54) is 28.8 Å². The van der Waals surface area contributed by atoms with Crippen LogP contribution < -0.4 is 5.32 Å². The Morgan fingerprint density at radius 2 is 2.46 bits per heavy atom. The van der Waals surface area contributed by atoms with Crippen LogP contribution >= 0.6 is 11.3 Å². The van der Waals surface area contributed by atoms with Gasteiger partial charge in [-0.1, -0.05) is 0 Å². The molecule has 0 amide bonds. The lowest BCUT2D eigenvalue weighted by molar-refractivity contribution is 0.180. The number of likely N-dealkylation sites (N-methyl/N-ethyl adjacent to an activating group) is 1. The maximum atomic E-state index is 9.82. The van der Waals surface area contributed by atoms with Crippen LogP contribution in [0.5, 0.6) is 0 Å². The van der Waals surface area contributed by atoms with Crippen LogP contribution in [0.4, 0.5) is 0 Å². The van der Waals surface area contributed by atoms with E-state index in [9.17, 15) is 5.11 Å². The minimum absolute atomic E-state index is 0.308. The van der Waals surface area contributed by atoms with Gasteiger partial charge in [0.2, 0.25) is 0 Å². The second-order valence-corrected chi connectivity index (χ2v) is 4.44. The van der Waals surface area contributed by atoms with Crippen molar-refractivity contribution in [1.82, 2.24) is 5.32 Å². The van der Waals surface area contributed by atoms with Crippen molar-refractivity contribution in [1.29, 1.82) is 0 Å². The lowest BCUT2D eigenvalue weighted by Gasteiger charge is -2.09. The molecular formula is C10H15NOS. The van der Waals surface area contributed by atoms with Gasteiger partial charge >= 0.3 is 0 Å². The summed E-state index contributed by atoms with van der Waals surface area (Å²) >= 11 is 1.71. The molecule has 2 rings (SSSR count). The minimum Gasteiger partial charge on any atom is -0.386 e. The highest BCUT2D eigenvalue weighted by atomic mass is 32.1. The van der Waals surface area contributed by atoms with Crippen LogP contribution in [0.15, 0.2) is 5.38 Å². The Labute approximate surface area is 82.6 Å². The molecule has 1 unspecified atom stereocenters. The first-order chi connectivity index (χ1) is 6.33. The summed E-state index contributed by atoms with van der Waals surface area (Å²) in [6, 6.07) is 0. The maximum absolute atomic E-state index is 9.82. The Morgan fingerprint density at radius 3 is 3.23 bits per heavy atom. The highest BCUT2D eigenvalue weighted by Gasteiger charge is 2.20. The Balaban J connectivity index is 2.20. The van der Waals surface area contributed by atoms with E-state index in [1.807, 2.05) is 7.05 Å². The first-order valence-electron chi connectivity index (χ1n) is 4.74. The molecule has 1 aromatic heterocycles. The van der Waals surface area contributed by atoms with Crippen molar-refractivity contribution in [3.05, 3.63) is 21.4 Å². The second kappa shape index (κ2) is 3.78. The Bertz CT molecular complexity index is 295. The van der Waals surface area contributed by atoms with Crippen LogP contribution in [0.1, 0.15) is 28.5 Å². The summed E-state index contributed by atoms with van der Waals surface area (Å²) in [7, 11) is 1.87. The summed E-state index contributed by atoms with van der Waals surface area (Å²) in [6.45, 7) is 0.660. The van der Waals surface area contributed by atoms with E-state index in [0.29, 0.717) is 6.54 Å². The second-order valence-electron chi connectivity index (χ2n) is 3.53. The number of fused-ring (bicyclic) bond motifs is 1. The molecular weight excluding hydrogens is 182 g/mol. The third-order valence-corrected chi connectivity index (χ3v) is 3.76. The number of nitrogens with one attached hydrogen (secondary N) is 1. The van der Waals surface area contributed by atoms with E-state index in [4.69, 9.17) is 0 Å². The molecule has 0 aromatic carbocycles. The molecule has 1 atom stereocenters. The normalized spacial score (nSPS) is 17.4. The SMILES string of the molecule is CNCC(O)c1scc2c1CCC2.